The van der Waals surface area contributed by atoms with Gasteiger partial charge in [0, 0.05) is 13.6 Å². The van der Waals surface area contributed by atoms with Gasteiger partial charge in [-0.1, -0.05) is 6.92 Å². The van der Waals surface area contributed by atoms with Crippen LogP contribution in [0.2, 0.25) is 0 Å². The molecule has 0 radical (unpaired) electrons. The molecular formula is C8H13NO4S. The lowest BCUT2D eigenvalue weighted by Crippen LogP contribution is -2.26. The van der Waals surface area contributed by atoms with Crippen molar-refractivity contribution in [2.45, 2.75) is 18.6 Å². The summed E-state index contributed by atoms with van der Waals surface area (Å²) in [4.78, 5) is 0. The Morgan fingerprint density at radius 1 is 1.50 bits per heavy atom. The third-order valence-corrected chi connectivity index (χ3v) is 3.71. The second-order valence-corrected chi connectivity index (χ2v) is 4.77. The molecule has 0 atom stereocenters. The van der Waals surface area contributed by atoms with Gasteiger partial charge in [-0.2, -0.15) is 4.31 Å². The Balaban J connectivity index is 3.04. The summed E-state index contributed by atoms with van der Waals surface area (Å²) in [7, 11) is -2.05. The lowest BCUT2D eigenvalue weighted by atomic mass is 10.5. The van der Waals surface area contributed by atoms with Crippen LogP contribution >= 0.6 is 0 Å². The number of hydrogen-bond donors (Lipinski definition) is 1. The first kappa shape index (κ1) is 11.2. The molecule has 0 fully saturated rings. The van der Waals surface area contributed by atoms with Crippen LogP contribution in [0.1, 0.15) is 12.7 Å². The Morgan fingerprint density at radius 3 is 2.57 bits per heavy atom. The van der Waals surface area contributed by atoms with Crippen molar-refractivity contribution in [2.24, 2.45) is 0 Å². The van der Waals surface area contributed by atoms with Gasteiger partial charge in [0.05, 0.1) is 0 Å². The zero-order valence-electron chi connectivity index (χ0n) is 8.10. The molecule has 0 amide bonds. The minimum absolute atomic E-state index is 0.133. The lowest BCUT2D eigenvalue weighted by Gasteiger charge is -2.11. The Labute approximate surface area is 83.0 Å². The molecule has 14 heavy (non-hydrogen) atoms. The molecule has 1 aromatic heterocycles. The third kappa shape index (κ3) is 1.97. The van der Waals surface area contributed by atoms with Crippen LogP contribution in [0, 0.1) is 0 Å². The highest BCUT2D eigenvalue weighted by Gasteiger charge is 2.22. The smallest absolute Gasteiger partial charge is 0.276 e. The number of sulfonamides is 1. The van der Waals surface area contributed by atoms with Crippen LogP contribution in [0.4, 0.5) is 0 Å². The topological polar surface area (TPSA) is 70.8 Å². The van der Waals surface area contributed by atoms with Crippen molar-refractivity contribution < 1.29 is 17.9 Å². The summed E-state index contributed by atoms with van der Waals surface area (Å²) in [5.74, 6) is 0.244. The fourth-order valence-electron chi connectivity index (χ4n) is 0.905. The number of aliphatic hydroxyl groups excluding tert-OH is 1. The number of rotatable bonds is 4. The first-order chi connectivity index (χ1) is 6.52. The van der Waals surface area contributed by atoms with Crippen LogP contribution in [0.25, 0.3) is 0 Å². The fraction of sp³-hybridized carbons (Fsp3) is 0.500. The first-order valence-corrected chi connectivity index (χ1v) is 5.62. The van der Waals surface area contributed by atoms with Crippen molar-refractivity contribution in [3.63, 3.8) is 0 Å². The molecule has 0 bridgehead atoms. The number of aliphatic hydroxyl groups is 1. The average Bonchev–Trinajstić information content (AvgIpc) is 2.65. The Bertz CT molecular complexity index is 395. The van der Waals surface area contributed by atoms with Crippen molar-refractivity contribution in [1.82, 2.24) is 4.31 Å². The van der Waals surface area contributed by atoms with Gasteiger partial charge >= 0.3 is 0 Å². The SMILES string of the molecule is CCN(C)S(=O)(=O)c1ccc(CO)o1. The van der Waals surface area contributed by atoms with Crippen LogP contribution in [0.5, 0.6) is 0 Å². The van der Waals surface area contributed by atoms with Gasteiger partial charge in [-0.05, 0) is 12.1 Å². The maximum absolute atomic E-state index is 11.6. The van der Waals surface area contributed by atoms with Crippen molar-refractivity contribution >= 4 is 10.0 Å². The molecule has 0 saturated heterocycles. The van der Waals surface area contributed by atoms with Crippen LogP contribution < -0.4 is 0 Å². The van der Waals surface area contributed by atoms with Gasteiger partial charge in [0.1, 0.15) is 12.4 Å². The molecular weight excluding hydrogens is 206 g/mol. The molecule has 0 aliphatic heterocycles. The normalized spacial score (nSPS) is 12.3. The largest absolute Gasteiger partial charge is 0.446 e. The highest BCUT2D eigenvalue weighted by atomic mass is 32.2. The minimum Gasteiger partial charge on any atom is -0.446 e. The predicted molar refractivity (Wildman–Crippen MR) is 50.1 cm³/mol. The van der Waals surface area contributed by atoms with E-state index in [0.717, 1.165) is 0 Å². The van der Waals surface area contributed by atoms with E-state index in [9.17, 15) is 8.42 Å². The second kappa shape index (κ2) is 4.12. The van der Waals surface area contributed by atoms with Crippen molar-refractivity contribution in [3.8, 4) is 0 Å². The van der Waals surface area contributed by atoms with Gasteiger partial charge in [-0.15, -0.1) is 0 Å². The van der Waals surface area contributed by atoms with E-state index in [1.165, 1.54) is 23.5 Å². The van der Waals surface area contributed by atoms with E-state index in [1.54, 1.807) is 6.92 Å². The summed E-state index contributed by atoms with van der Waals surface area (Å²) in [6.07, 6.45) is 0. The molecule has 5 nitrogen and oxygen atoms in total. The molecule has 1 rings (SSSR count). The molecule has 1 N–H and O–H groups in total. The molecule has 0 aliphatic carbocycles. The number of furan rings is 1. The molecule has 6 heteroatoms. The molecule has 1 aromatic rings. The summed E-state index contributed by atoms with van der Waals surface area (Å²) >= 11 is 0. The van der Waals surface area contributed by atoms with Gasteiger partial charge in [-0.25, -0.2) is 8.42 Å². The summed E-state index contributed by atoms with van der Waals surface area (Å²) < 4.78 is 29.4. The summed E-state index contributed by atoms with van der Waals surface area (Å²) in [5, 5.41) is 8.58. The van der Waals surface area contributed by atoms with Gasteiger partial charge in [0.15, 0.2) is 0 Å². The van der Waals surface area contributed by atoms with E-state index >= 15 is 0 Å². The maximum atomic E-state index is 11.6. The van der Waals surface area contributed by atoms with E-state index in [4.69, 9.17) is 9.52 Å². The third-order valence-electron chi connectivity index (χ3n) is 1.90. The van der Waals surface area contributed by atoms with Crippen LogP contribution in [-0.4, -0.2) is 31.4 Å². The molecule has 0 aromatic carbocycles. The highest BCUT2D eigenvalue weighted by molar-refractivity contribution is 7.89. The van der Waals surface area contributed by atoms with E-state index in [1.807, 2.05) is 0 Å². The summed E-state index contributed by atoms with van der Waals surface area (Å²) in [6.45, 7) is 1.80. The van der Waals surface area contributed by atoms with E-state index in [0.29, 0.717) is 6.54 Å². The van der Waals surface area contributed by atoms with E-state index in [2.05, 4.69) is 0 Å². The van der Waals surface area contributed by atoms with Crippen molar-refractivity contribution in [1.29, 1.82) is 0 Å². The van der Waals surface area contributed by atoms with Crippen LogP contribution in [0.15, 0.2) is 21.6 Å². The molecule has 0 saturated carbocycles. The first-order valence-electron chi connectivity index (χ1n) is 4.18. The summed E-state index contributed by atoms with van der Waals surface area (Å²) in [6, 6.07) is 2.78. The van der Waals surface area contributed by atoms with Gasteiger partial charge in [0.2, 0.25) is 5.09 Å². The standard InChI is InChI=1S/C8H13NO4S/c1-3-9(2)14(11,12)8-5-4-7(6-10)13-8/h4-5,10H,3,6H2,1-2H3. The Morgan fingerprint density at radius 2 is 2.14 bits per heavy atom. The van der Waals surface area contributed by atoms with Crippen LogP contribution in [-0.2, 0) is 16.6 Å². The monoisotopic (exact) mass is 219 g/mol. The van der Waals surface area contributed by atoms with Crippen LogP contribution in [0.3, 0.4) is 0 Å². The molecule has 1 heterocycles. The quantitative estimate of drug-likeness (QED) is 0.796. The zero-order chi connectivity index (χ0) is 10.8. The number of nitrogens with zero attached hydrogens (tertiary/aromatic N) is 1. The summed E-state index contributed by atoms with van der Waals surface area (Å²) in [5.41, 5.74) is 0. The minimum atomic E-state index is -3.52. The Hall–Kier alpha value is -0.850. The highest BCUT2D eigenvalue weighted by Crippen LogP contribution is 2.17. The Kier molecular flexibility index (Phi) is 3.30. The molecule has 0 aliphatic rings. The predicted octanol–water partition coefficient (Wildman–Crippen LogP) is 0.412. The van der Waals surface area contributed by atoms with Gasteiger partial charge < -0.3 is 9.52 Å². The fourth-order valence-corrected chi connectivity index (χ4v) is 2.00. The van der Waals surface area contributed by atoms with Gasteiger partial charge in [0.25, 0.3) is 10.0 Å². The number of hydrogen-bond acceptors (Lipinski definition) is 4. The van der Waals surface area contributed by atoms with Crippen molar-refractivity contribution in [2.75, 3.05) is 13.6 Å². The van der Waals surface area contributed by atoms with Crippen molar-refractivity contribution in [3.05, 3.63) is 17.9 Å². The zero-order valence-corrected chi connectivity index (χ0v) is 8.91. The van der Waals surface area contributed by atoms with Gasteiger partial charge in [-0.3, -0.25) is 0 Å². The second-order valence-electron chi connectivity index (χ2n) is 2.80. The van der Waals surface area contributed by atoms with E-state index in [-0.39, 0.29) is 17.5 Å². The molecule has 80 valence electrons. The maximum Gasteiger partial charge on any atom is 0.276 e. The molecule has 0 unspecified atom stereocenters. The molecule has 0 spiro atoms. The lowest BCUT2D eigenvalue weighted by molar-refractivity contribution is 0.235. The van der Waals surface area contributed by atoms with E-state index < -0.39 is 10.0 Å². The average molecular weight is 219 g/mol.